The van der Waals surface area contributed by atoms with Crippen LogP contribution in [0.15, 0.2) is 6.20 Å². The number of hydrogen-bond acceptors (Lipinski definition) is 1. The van der Waals surface area contributed by atoms with Crippen LogP contribution in [-0.4, -0.2) is 4.98 Å². The van der Waals surface area contributed by atoms with Gasteiger partial charge in [0, 0.05) is 6.20 Å². The highest BCUT2D eigenvalue weighted by molar-refractivity contribution is 14.1. The topological polar surface area (TPSA) is 12.9 Å². The summed E-state index contributed by atoms with van der Waals surface area (Å²) >= 11 is 6.98. The van der Waals surface area contributed by atoms with E-state index in [0.29, 0.717) is 0 Å². The largest absolute Gasteiger partial charge is 0.283 e. The lowest BCUT2D eigenvalue weighted by Crippen LogP contribution is -1.98. The standard InChI is InChI=1S/C6H2ClF3IN/c7-2-1-12-5(6(9)10)3(8)4(2)11/h1,6H. The summed E-state index contributed by atoms with van der Waals surface area (Å²) in [6.45, 7) is 0. The molecule has 66 valence electrons. The Balaban J connectivity index is 3.27. The van der Waals surface area contributed by atoms with E-state index < -0.39 is 17.9 Å². The minimum Gasteiger partial charge on any atom is -0.251 e. The molecule has 1 heterocycles. The number of nitrogens with zero attached hydrogens (tertiary/aromatic N) is 1. The van der Waals surface area contributed by atoms with Gasteiger partial charge in [-0.2, -0.15) is 0 Å². The normalized spacial score (nSPS) is 10.8. The second kappa shape index (κ2) is 3.78. The van der Waals surface area contributed by atoms with E-state index in [2.05, 4.69) is 4.98 Å². The van der Waals surface area contributed by atoms with Gasteiger partial charge < -0.3 is 0 Å². The van der Waals surface area contributed by atoms with Gasteiger partial charge in [-0.15, -0.1) is 0 Å². The minimum atomic E-state index is -2.91. The summed E-state index contributed by atoms with van der Waals surface area (Å²) in [6.07, 6.45) is -1.90. The molecule has 0 saturated carbocycles. The number of alkyl halides is 2. The fraction of sp³-hybridized carbons (Fsp3) is 0.167. The maximum absolute atomic E-state index is 12.9. The Kier molecular flexibility index (Phi) is 3.16. The van der Waals surface area contributed by atoms with Crippen LogP contribution in [-0.2, 0) is 0 Å². The lowest BCUT2D eigenvalue weighted by Gasteiger charge is -2.02. The molecule has 1 aromatic heterocycles. The lowest BCUT2D eigenvalue weighted by molar-refractivity contribution is 0.140. The smallest absolute Gasteiger partial charge is 0.251 e. The van der Waals surface area contributed by atoms with Crippen LogP contribution < -0.4 is 0 Å². The monoisotopic (exact) mass is 307 g/mol. The molecule has 0 amide bonds. The van der Waals surface area contributed by atoms with Crippen LogP contribution in [0.1, 0.15) is 12.1 Å². The van der Waals surface area contributed by atoms with Crippen molar-refractivity contribution in [2.24, 2.45) is 0 Å². The number of aromatic nitrogens is 1. The quantitative estimate of drug-likeness (QED) is 0.725. The summed E-state index contributed by atoms with van der Waals surface area (Å²) in [5.74, 6) is -1.04. The zero-order chi connectivity index (χ0) is 9.30. The number of rotatable bonds is 1. The number of halogens is 5. The first-order valence-electron chi connectivity index (χ1n) is 2.81. The second-order valence-electron chi connectivity index (χ2n) is 1.92. The first-order chi connectivity index (χ1) is 5.54. The van der Waals surface area contributed by atoms with Crippen LogP contribution in [0.25, 0.3) is 0 Å². The van der Waals surface area contributed by atoms with Gasteiger partial charge >= 0.3 is 0 Å². The molecule has 1 nitrogen and oxygen atoms in total. The predicted octanol–water partition coefficient (Wildman–Crippen LogP) is 3.42. The van der Waals surface area contributed by atoms with E-state index in [0.717, 1.165) is 6.20 Å². The van der Waals surface area contributed by atoms with Crippen molar-refractivity contribution in [1.82, 2.24) is 4.98 Å². The van der Waals surface area contributed by atoms with E-state index >= 15 is 0 Å². The average molecular weight is 307 g/mol. The zero-order valence-electron chi connectivity index (χ0n) is 5.49. The Hall–Kier alpha value is -0.0400. The van der Waals surface area contributed by atoms with Crippen LogP contribution in [0.2, 0.25) is 5.02 Å². The molecule has 0 N–H and O–H groups in total. The summed E-state index contributed by atoms with van der Waals surface area (Å²) in [5, 5.41) is 0.0394. The van der Waals surface area contributed by atoms with Crippen molar-refractivity contribution >= 4 is 34.2 Å². The highest BCUT2D eigenvalue weighted by atomic mass is 127. The van der Waals surface area contributed by atoms with Crippen molar-refractivity contribution in [1.29, 1.82) is 0 Å². The van der Waals surface area contributed by atoms with E-state index in [1.54, 1.807) is 22.6 Å². The molecule has 0 atom stereocenters. The van der Waals surface area contributed by atoms with Crippen LogP contribution in [0, 0.1) is 9.39 Å². The summed E-state index contributed by atoms with van der Waals surface area (Å²) in [7, 11) is 0. The molecule has 0 bridgehead atoms. The molecule has 0 spiro atoms. The van der Waals surface area contributed by atoms with Gasteiger partial charge in [-0.25, -0.2) is 13.2 Å². The first-order valence-corrected chi connectivity index (χ1v) is 4.27. The van der Waals surface area contributed by atoms with Crippen molar-refractivity contribution < 1.29 is 13.2 Å². The predicted molar refractivity (Wildman–Crippen MR) is 46.9 cm³/mol. The Morgan fingerprint density at radius 2 is 2.08 bits per heavy atom. The summed E-state index contributed by atoms with van der Waals surface area (Å²) in [5.41, 5.74) is -0.858. The highest BCUT2D eigenvalue weighted by Gasteiger charge is 2.18. The van der Waals surface area contributed by atoms with Gasteiger partial charge in [0.15, 0.2) is 5.82 Å². The van der Waals surface area contributed by atoms with Gasteiger partial charge in [0.25, 0.3) is 6.43 Å². The molecule has 1 aromatic rings. The van der Waals surface area contributed by atoms with Crippen molar-refractivity contribution in [2.45, 2.75) is 6.43 Å². The molecule has 0 aliphatic carbocycles. The maximum Gasteiger partial charge on any atom is 0.283 e. The van der Waals surface area contributed by atoms with Crippen molar-refractivity contribution in [2.75, 3.05) is 0 Å². The molecule has 1 rings (SSSR count). The number of hydrogen-bond donors (Lipinski definition) is 0. The minimum absolute atomic E-state index is 0.0282. The fourth-order valence-electron chi connectivity index (χ4n) is 0.609. The third-order valence-corrected chi connectivity index (χ3v) is 2.81. The fourth-order valence-corrected chi connectivity index (χ4v) is 1.16. The summed E-state index contributed by atoms with van der Waals surface area (Å²) in [6, 6.07) is 0. The lowest BCUT2D eigenvalue weighted by atomic mass is 10.3. The van der Waals surface area contributed by atoms with E-state index in [-0.39, 0.29) is 8.59 Å². The van der Waals surface area contributed by atoms with E-state index in [4.69, 9.17) is 11.6 Å². The van der Waals surface area contributed by atoms with Crippen molar-refractivity contribution in [3.8, 4) is 0 Å². The first kappa shape index (κ1) is 10.0. The molecular formula is C6H2ClF3IN. The average Bonchev–Trinajstić information content (AvgIpc) is 2.00. The van der Waals surface area contributed by atoms with Gasteiger partial charge in [0.05, 0.1) is 8.59 Å². The second-order valence-corrected chi connectivity index (χ2v) is 3.41. The highest BCUT2D eigenvalue weighted by Crippen LogP contribution is 2.27. The van der Waals surface area contributed by atoms with Gasteiger partial charge in [-0.1, -0.05) is 11.6 Å². The van der Waals surface area contributed by atoms with E-state index in [9.17, 15) is 13.2 Å². The zero-order valence-corrected chi connectivity index (χ0v) is 8.41. The van der Waals surface area contributed by atoms with Crippen LogP contribution >= 0.6 is 34.2 Å². The third-order valence-electron chi connectivity index (χ3n) is 1.15. The molecule has 0 radical (unpaired) electrons. The van der Waals surface area contributed by atoms with Gasteiger partial charge in [-0.05, 0) is 22.6 Å². The summed E-state index contributed by atoms with van der Waals surface area (Å²) in [4.78, 5) is 3.18. The van der Waals surface area contributed by atoms with Gasteiger partial charge in [0.1, 0.15) is 5.69 Å². The molecule has 0 aromatic carbocycles. The van der Waals surface area contributed by atoms with Gasteiger partial charge in [-0.3, -0.25) is 4.98 Å². The molecular weight excluding hydrogens is 305 g/mol. The Morgan fingerprint density at radius 1 is 1.50 bits per heavy atom. The molecule has 12 heavy (non-hydrogen) atoms. The summed E-state index contributed by atoms with van der Waals surface area (Å²) < 4.78 is 36.8. The molecule has 0 saturated heterocycles. The van der Waals surface area contributed by atoms with Crippen LogP contribution in [0.3, 0.4) is 0 Å². The number of pyridine rings is 1. The molecule has 0 unspecified atom stereocenters. The molecule has 0 aliphatic rings. The Morgan fingerprint density at radius 3 is 2.58 bits per heavy atom. The molecule has 0 aliphatic heterocycles. The Bertz CT molecular complexity index is 305. The van der Waals surface area contributed by atoms with Gasteiger partial charge in [0.2, 0.25) is 0 Å². The van der Waals surface area contributed by atoms with E-state index in [1.165, 1.54) is 0 Å². The van der Waals surface area contributed by atoms with Crippen molar-refractivity contribution in [3.63, 3.8) is 0 Å². The molecule has 0 fully saturated rings. The SMILES string of the molecule is Fc1c(C(F)F)ncc(Cl)c1I. The Labute approximate surface area is 85.1 Å². The maximum atomic E-state index is 12.9. The van der Waals surface area contributed by atoms with E-state index in [1.807, 2.05) is 0 Å². The van der Waals surface area contributed by atoms with Crippen molar-refractivity contribution in [3.05, 3.63) is 26.3 Å². The molecule has 6 heteroatoms. The van der Waals surface area contributed by atoms with Crippen LogP contribution in [0.5, 0.6) is 0 Å². The van der Waals surface area contributed by atoms with Crippen LogP contribution in [0.4, 0.5) is 13.2 Å². The third kappa shape index (κ3) is 1.82.